The maximum Gasteiger partial charge on any atom is 0.236 e. The number of guanidine groups is 1. The van der Waals surface area contributed by atoms with Crippen LogP contribution in [0.3, 0.4) is 0 Å². The quantitative estimate of drug-likeness (QED) is 0.290. The number of halogens is 1. The van der Waals surface area contributed by atoms with E-state index in [1.807, 2.05) is 11.9 Å². The maximum atomic E-state index is 12.5. The molecule has 2 fully saturated rings. The van der Waals surface area contributed by atoms with Crippen LogP contribution in [0.4, 0.5) is 0 Å². The Hall–Kier alpha value is -1.43. The van der Waals surface area contributed by atoms with E-state index in [1.165, 1.54) is 5.56 Å². The van der Waals surface area contributed by atoms with Gasteiger partial charge in [0.15, 0.2) is 5.96 Å². The molecule has 0 spiro atoms. The molecule has 1 N–H and O–H groups in total. The Labute approximate surface area is 216 Å². The molecule has 1 unspecified atom stereocenters. The van der Waals surface area contributed by atoms with E-state index in [2.05, 4.69) is 69.3 Å². The van der Waals surface area contributed by atoms with E-state index in [0.29, 0.717) is 38.9 Å². The summed E-state index contributed by atoms with van der Waals surface area (Å²) in [5.41, 5.74) is 1.34. The summed E-state index contributed by atoms with van der Waals surface area (Å²) in [6.07, 6.45) is 1.05. The van der Waals surface area contributed by atoms with Gasteiger partial charge in [0.2, 0.25) is 5.91 Å². The van der Waals surface area contributed by atoms with Gasteiger partial charge in [-0.3, -0.25) is 19.6 Å². The van der Waals surface area contributed by atoms with Gasteiger partial charge in [-0.25, -0.2) is 0 Å². The van der Waals surface area contributed by atoms with Crippen LogP contribution in [0.5, 0.6) is 0 Å². The van der Waals surface area contributed by atoms with Gasteiger partial charge >= 0.3 is 0 Å². The molecule has 186 valence electrons. The number of hydrogen-bond acceptors (Lipinski definition) is 5. The highest BCUT2D eigenvalue weighted by molar-refractivity contribution is 14.0. The second-order valence-electron chi connectivity index (χ2n) is 8.77. The van der Waals surface area contributed by atoms with Crippen LogP contribution in [-0.4, -0.2) is 117 Å². The van der Waals surface area contributed by atoms with Crippen molar-refractivity contribution in [2.75, 3.05) is 79.7 Å². The number of rotatable bonds is 8. The summed E-state index contributed by atoms with van der Waals surface area (Å²) >= 11 is 0. The number of carbonyl (C=O) groups excluding carboxylic acids is 1. The van der Waals surface area contributed by atoms with Crippen LogP contribution >= 0.6 is 24.0 Å². The monoisotopic (exact) mass is 572 g/mol. The average Bonchev–Trinajstić information content (AvgIpc) is 2.83. The van der Waals surface area contributed by atoms with Crippen LogP contribution in [-0.2, 0) is 16.1 Å². The van der Waals surface area contributed by atoms with Crippen LogP contribution in [0.15, 0.2) is 35.3 Å². The summed E-state index contributed by atoms with van der Waals surface area (Å²) < 4.78 is 5.34. The Kier molecular flexibility index (Phi) is 12.4. The van der Waals surface area contributed by atoms with Gasteiger partial charge < -0.3 is 19.9 Å². The molecule has 2 aliphatic heterocycles. The Morgan fingerprint density at radius 1 is 1.09 bits per heavy atom. The van der Waals surface area contributed by atoms with Crippen LogP contribution < -0.4 is 5.32 Å². The summed E-state index contributed by atoms with van der Waals surface area (Å²) in [6.45, 7) is 10.9. The SMILES string of the molecule is CN=C(NCCC(C)N(C)Cc1ccccc1)N1CCN(CC(=O)N2CCOCC2)CC1.I. The number of ether oxygens (including phenoxy) is 1. The van der Waals surface area contributed by atoms with Gasteiger partial charge in [0.05, 0.1) is 19.8 Å². The number of morpholine rings is 1. The second-order valence-corrected chi connectivity index (χ2v) is 8.77. The lowest BCUT2D eigenvalue weighted by Gasteiger charge is -2.37. The summed E-state index contributed by atoms with van der Waals surface area (Å²) in [6, 6.07) is 11.1. The standard InChI is InChI=1S/C24H40N6O2.HI/c1-21(27(3)19-22-7-5-4-6-8-22)9-10-26-24(25-2)30-13-11-28(12-14-30)20-23(31)29-15-17-32-18-16-29;/h4-8,21H,9-20H2,1-3H3,(H,25,26);1H. The van der Waals surface area contributed by atoms with Gasteiger partial charge in [0.25, 0.3) is 0 Å². The molecule has 1 aromatic carbocycles. The molecule has 3 rings (SSSR count). The lowest BCUT2D eigenvalue weighted by molar-refractivity contribution is -0.136. The molecule has 0 bridgehead atoms. The van der Waals surface area contributed by atoms with Gasteiger partial charge in [0, 0.05) is 65.4 Å². The van der Waals surface area contributed by atoms with Crippen molar-refractivity contribution >= 4 is 35.8 Å². The predicted octanol–water partition coefficient (Wildman–Crippen LogP) is 1.57. The molecule has 0 aromatic heterocycles. The van der Waals surface area contributed by atoms with Crippen molar-refractivity contribution in [2.45, 2.75) is 25.9 Å². The maximum absolute atomic E-state index is 12.5. The molecule has 0 aliphatic carbocycles. The number of nitrogens with one attached hydrogen (secondary N) is 1. The third kappa shape index (κ3) is 9.03. The van der Waals surface area contributed by atoms with Gasteiger partial charge in [0.1, 0.15) is 0 Å². The third-order valence-corrected chi connectivity index (χ3v) is 6.48. The largest absolute Gasteiger partial charge is 0.378 e. The molecule has 2 aliphatic rings. The van der Waals surface area contributed by atoms with Crippen molar-refractivity contribution in [1.82, 2.24) is 24.9 Å². The summed E-state index contributed by atoms with van der Waals surface area (Å²) in [5, 5.41) is 3.54. The van der Waals surface area contributed by atoms with Crippen LogP contribution in [0.25, 0.3) is 0 Å². The second kappa shape index (κ2) is 14.7. The Balaban J connectivity index is 0.00000385. The minimum Gasteiger partial charge on any atom is -0.378 e. The fourth-order valence-corrected chi connectivity index (χ4v) is 4.19. The Bertz CT molecular complexity index is 721. The first-order chi connectivity index (χ1) is 15.6. The zero-order chi connectivity index (χ0) is 22.8. The lowest BCUT2D eigenvalue weighted by atomic mass is 10.1. The predicted molar refractivity (Wildman–Crippen MR) is 144 cm³/mol. The van der Waals surface area contributed by atoms with Gasteiger partial charge in [-0.1, -0.05) is 30.3 Å². The first kappa shape index (κ1) is 27.8. The number of nitrogens with zero attached hydrogens (tertiary/aromatic N) is 5. The van der Waals surface area contributed by atoms with E-state index in [4.69, 9.17) is 4.74 Å². The van der Waals surface area contributed by atoms with Crippen molar-refractivity contribution < 1.29 is 9.53 Å². The number of carbonyl (C=O) groups is 1. The normalized spacial score (nSPS) is 18.7. The molecule has 8 nitrogen and oxygen atoms in total. The molecule has 2 saturated heterocycles. The summed E-state index contributed by atoms with van der Waals surface area (Å²) in [5.74, 6) is 1.18. The molecular formula is C24H41IN6O2. The lowest BCUT2D eigenvalue weighted by Crippen LogP contribution is -2.55. The fraction of sp³-hybridized carbons (Fsp3) is 0.667. The molecule has 1 atom stereocenters. The highest BCUT2D eigenvalue weighted by atomic mass is 127. The number of aliphatic imine (C=N–C) groups is 1. The van der Waals surface area contributed by atoms with Crippen molar-refractivity contribution in [3.63, 3.8) is 0 Å². The van der Waals surface area contributed by atoms with E-state index >= 15 is 0 Å². The molecule has 33 heavy (non-hydrogen) atoms. The van der Waals surface area contributed by atoms with Crippen molar-refractivity contribution in [3.05, 3.63) is 35.9 Å². The number of amides is 1. The Morgan fingerprint density at radius 2 is 1.76 bits per heavy atom. The molecule has 1 amide bonds. The molecule has 9 heteroatoms. The van der Waals surface area contributed by atoms with E-state index in [1.54, 1.807) is 0 Å². The van der Waals surface area contributed by atoms with E-state index in [0.717, 1.165) is 51.6 Å². The molecule has 1 aromatic rings. The molecular weight excluding hydrogens is 531 g/mol. The number of hydrogen-bond donors (Lipinski definition) is 1. The van der Waals surface area contributed by atoms with Crippen molar-refractivity contribution in [1.29, 1.82) is 0 Å². The number of piperazine rings is 1. The van der Waals surface area contributed by atoms with Gasteiger partial charge in [-0.05, 0) is 26.0 Å². The minimum atomic E-state index is 0. The first-order valence-corrected chi connectivity index (χ1v) is 11.8. The highest BCUT2D eigenvalue weighted by Crippen LogP contribution is 2.09. The molecule has 0 radical (unpaired) electrons. The van der Waals surface area contributed by atoms with Gasteiger partial charge in [-0.2, -0.15) is 0 Å². The topological polar surface area (TPSA) is 63.7 Å². The fourth-order valence-electron chi connectivity index (χ4n) is 4.19. The third-order valence-electron chi connectivity index (χ3n) is 6.48. The zero-order valence-electron chi connectivity index (χ0n) is 20.4. The first-order valence-electron chi connectivity index (χ1n) is 11.8. The zero-order valence-corrected chi connectivity index (χ0v) is 22.7. The minimum absolute atomic E-state index is 0. The molecule has 0 saturated carbocycles. The van der Waals surface area contributed by atoms with Crippen LogP contribution in [0.1, 0.15) is 18.9 Å². The van der Waals surface area contributed by atoms with E-state index < -0.39 is 0 Å². The smallest absolute Gasteiger partial charge is 0.236 e. The van der Waals surface area contributed by atoms with Crippen LogP contribution in [0.2, 0.25) is 0 Å². The van der Waals surface area contributed by atoms with Crippen molar-refractivity contribution in [2.24, 2.45) is 4.99 Å². The molecule has 2 heterocycles. The van der Waals surface area contributed by atoms with Gasteiger partial charge in [-0.15, -0.1) is 24.0 Å². The Morgan fingerprint density at radius 3 is 2.39 bits per heavy atom. The highest BCUT2D eigenvalue weighted by Gasteiger charge is 2.24. The van der Waals surface area contributed by atoms with E-state index in [-0.39, 0.29) is 29.9 Å². The summed E-state index contributed by atoms with van der Waals surface area (Å²) in [7, 11) is 4.03. The average molecular weight is 573 g/mol. The van der Waals surface area contributed by atoms with Crippen molar-refractivity contribution in [3.8, 4) is 0 Å². The number of benzene rings is 1. The van der Waals surface area contributed by atoms with E-state index in [9.17, 15) is 4.79 Å². The summed E-state index contributed by atoms with van der Waals surface area (Å²) in [4.78, 5) is 25.8. The van der Waals surface area contributed by atoms with Crippen LogP contribution in [0, 0.1) is 0 Å².